The smallest absolute Gasteiger partial charge is 0.243 e. The molecule has 5 rings (SSSR count). The van der Waals surface area contributed by atoms with Gasteiger partial charge in [-0.1, -0.05) is 6.07 Å². The Hall–Kier alpha value is -3.11. The standard InChI is InChI=1S/C20H17BrFN7O/c21-13-2-1-3-14-16(13)18-27-17(11-4-6-12(22)7-5-11)28-29(18)20(25-14)26-15-10-23-8-9-24-19(15)30/h1-7,15,23H,8-10H2,(H,24,30)(H,25,26)/t15-/m0/s1. The molecule has 0 unspecified atom stereocenters. The molecule has 8 nitrogen and oxygen atoms in total. The summed E-state index contributed by atoms with van der Waals surface area (Å²) in [5, 5.41) is 14.7. The second-order valence-corrected chi connectivity index (χ2v) is 7.79. The summed E-state index contributed by atoms with van der Waals surface area (Å²) >= 11 is 3.57. The summed E-state index contributed by atoms with van der Waals surface area (Å²) in [6.45, 7) is 1.74. The molecule has 1 atom stereocenters. The third kappa shape index (κ3) is 3.37. The first-order valence-electron chi connectivity index (χ1n) is 9.46. The van der Waals surface area contributed by atoms with Gasteiger partial charge in [0.25, 0.3) is 0 Å². The van der Waals surface area contributed by atoms with Gasteiger partial charge in [0.05, 0.1) is 10.9 Å². The molecule has 2 aromatic carbocycles. The van der Waals surface area contributed by atoms with Crippen molar-refractivity contribution in [1.82, 2.24) is 30.2 Å². The SMILES string of the molecule is O=C1NCCNC[C@@H]1Nc1nc2cccc(Br)c2c2nc(-c3ccc(F)cc3)nn12. The van der Waals surface area contributed by atoms with Gasteiger partial charge in [0.2, 0.25) is 11.9 Å². The number of nitrogens with zero attached hydrogens (tertiary/aromatic N) is 4. The van der Waals surface area contributed by atoms with Crippen molar-refractivity contribution in [3.05, 3.63) is 52.8 Å². The third-order valence-corrected chi connectivity index (χ3v) is 5.58. The summed E-state index contributed by atoms with van der Waals surface area (Å²) in [4.78, 5) is 21.8. The van der Waals surface area contributed by atoms with Gasteiger partial charge in [-0.25, -0.2) is 14.4 Å². The molecule has 0 spiro atoms. The Bertz CT molecular complexity index is 1260. The van der Waals surface area contributed by atoms with Gasteiger partial charge in [-0.15, -0.1) is 5.10 Å². The highest BCUT2D eigenvalue weighted by molar-refractivity contribution is 9.10. The summed E-state index contributed by atoms with van der Waals surface area (Å²) in [6, 6.07) is 11.2. The molecule has 1 aliphatic heterocycles. The Balaban J connectivity index is 1.68. The van der Waals surface area contributed by atoms with Crippen LogP contribution >= 0.6 is 15.9 Å². The van der Waals surface area contributed by atoms with E-state index in [4.69, 9.17) is 9.97 Å². The minimum Gasteiger partial charge on any atom is -0.353 e. The molecular weight excluding hydrogens is 453 g/mol. The zero-order valence-corrected chi connectivity index (χ0v) is 17.3. The van der Waals surface area contributed by atoms with Crippen molar-refractivity contribution < 1.29 is 9.18 Å². The lowest BCUT2D eigenvalue weighted by atomic mass is 10.2. The van der Waals surface area contributed by atoms with Gasteiger partial charge in [-0.05, 0) is 52.3 Å². The van der Waals surface area contributed by atoms with E-state index in [1.807, 2.05) is 18.2 Å². The molecule has 10 heteroatoms. The second-order valence-electron chi connectivity index (χ2n) is 6.94. The Morgan fingerprint density at radius 2 is 1.97 bits per heavy atom. The van der Waals surface area contributed by atoms with Crippen LogP contribution in [0.3, 0.4) is 0 Å². The fourth-order valence-corrected chi connectivity index (χ4v) is 3.97. The maximum absolute atomic E-state index is 13.3. The lowest BCUT2D eigenvalue weighted by molar-refractivity contribution is -0.121. The Kier molecular flexibility index (Phi) is 4.80. The molecule has 0 radical (unpaired) electrons. The van der Waals surface area contributed by atoms with Crippen LogP contribution in [0.1, 0.15) is 0 Å². The molecule has 3 heterocycles. The van der Waals surface area contributed by atoms with E-state index < -0.39 is 6.04 Å². The molecule has 0 saturated carbocycles. The van der Waals surface area contributed by atoms with Crippen LogP contribution in [0.15, 0.2) is 46.9 Å². The first-order chi connectivity index (χ1) is 14.6. The summed E-state index contributed by atoms with van der Waals surface area (Å²) in [6.07, 6.45) is 0. The summed E-state index contributed by atoms with van der Waals surface area (Å²) in [7, 11) is 0. The minimum atomic E-state index is -0.508. The lowest BCUT2D eigenvalue weighted by Gasteiger charge is -2.16. The average molecular weight is 470 g/mol. The molecule has 1 aliphatic rings. The van der Waals surface area contributed by atoms with Crippen molar-refractivity contribution >= 4 is 44.3 Å². The van der Waals surface area contributed by atoms with Crippen molar-refractivity contribution in [2.75, 3.05) is 25.0 Å². The van der Waals surface area contributed by atoms with Crippen LogP contribution in [0.5, 0.6) is 0 Å². The van der Waals surface area contributed by atoms with E-state index in [2.05, 4.69) is 37.0 Å². The number of nitrogens with one attached hydrogen (secondary N) is 3. The number of benzene rings is 2. The predicted molar refractivity (Wildman–Crippen MR) is 115 cm³/mol. The molecule has 1 fully saturated rings. The number of hydrogen-bond donors (Lipinski definition) is 3. The van der Waals surface area contributed by atoms with Crippen LogP contribution in [0.2, 0.25) is 0 Å². The number of amides is 1. The van der Waals surface area contributed by atoms with Gasteiger partial charge in [0.1, 0.15) is 11.9 Å². The molecule has 0 aliphatic carbocycles. The van der Waals surface area contributed by atoms with Gasteiger partial charge >= 0.3 is 0 Å². The predicted octanol–water partition coefficient (Wildman–Crippen LogP) is 2.35. The summed E-state index contributed by atoms with van der Waals surface area (Å²) in [5.41, 5.74) is 1.97. The van der Waals surface area contributed by atoms with Crippen LogP contribution in [-0.2, 0) is 4.79 Å². The molecule has 30 heavy (non-hydrogen) atoms. The second kappa shape index (κ2) is 7.62. The van der Waals surface area contributed by atoms with E-state index >= 15 is 0 Å². The molecule has 1 saturated heterocycles. The summed E-state index contributed by atoms with van der Waals surface area (Å²) in [5.74, 6) is 0.404. The van der Waals surface area contributed by atoms with Crippen LogP contribution in [0.25, 0.3) is 27.9 Å². The fraction of sp³-hybridized carbons (Fsp3) is 0.200. The van der Waals surface area contributed by atoms with Crippen LogP contribution in [-0.4, -0.2) is 51.2 Å². The number of carbonyl (C=O) groups is 1. The first-order valence-corrected chi connectivity index (χ1v) is 10.3. The fourth-order valence-electron chi connectivity index (χ4n) is 3.43. The highest BCUT2D eigenvalue weighted by atomic mass is 79.9. The molecule has 0 bridgehead atoms. The van der Waals surface area contributed by atoms with Crippen LogP contribution in [0.4, 0.5) is 10.3 Å². The van der Waals surface area contributed by atoms with Gasteiger partial charge < -0.3 is 16.0 Å². The normalized spacial score (nSPS) is 17.1. The molecular formula is C20H17BrFN7O. The molecule has 1 amide bonds. The largest absolute Gasteiger partial charge is 0.353 e. The zero-order valence-electron chi connectivity index (χ0n) is 15.7. The van der Waals surface area contributed by atoms with Crippen molar-refractivity contribution in [2.24, 2.45) is 0 Å². The lowest BCUT2D eigenvalue weighted by Crippen LogP contribution is -2.42. The first kappa shape index (κ1) is 18.9. The Morgan fingerprint density at radius 1 is 1.13 bits per heavy atom. The average Bonchev–Trinajstić information content (AvgIpc) is 3.08. The zero-order chi connectivity index (χ0) is 20.7. The van der Waals surface area contributed by atoms with Crippen LogP contribution in [0, 0.1) is 5.82 Å². The monoisotopic (exact) mass is 469 g/mol. The van der Waals surface area contributed by atoms with E-state index in [-0.39, 0.29) is 11.7 Å². The number of halogens is 2. The highest BCUT2D eigenvalue weighted by Gasteiger charge is 2.23. The van der Waals surface area contributed by atoms with Gasteiger partial charge in [-0.2, -0.15) is 4.52 Å². The van der Waals surface area contributed by atoms with Crippen molar-refractivity contribution in [1.29, 1.82) is 0 Å². The Labute approximate surface area is 179 Å². The quantitative estimate of drug-likeness (QED) is 0.426. The molecule has 152 valence electrons. The number of fused-ring (bicyclic) bond motifs is 3. The van der Waals surface area contributed by atoms with E-state index in [0.717, 1.165) is 9.86 Å². The topological polar surface area (TPSA) is 96.2 Å². The molecule has 2 aromatic heterocycles. The molecule has 3 N–H and O–H groups in total. The van der Waals surface area contributed by atoms with Crippen molar-refractivity contribution in [3.63, 3.8) is 0 Å². The number of hydrogen-bond acceptors (Lipinski definition) is 6. The summed E-state index contributed by atoms with van der Waals surface area (Å²) < 4.78 is 15.8. The third-order valence-electron chi connectivity index (χ3n) is 4.92. The maximum Gasteiger partial charge on any atom is 0.243 e. The molecule has 4 aromatic rings. The minimum absolute atomic E-state index is 0.108. The van der Waals surface area contributed by atoms with Crippen LogP contribution < -0.4 is 16.0 Å². The van der Waals surface area contributed by atoms with Crippen molar-refractivity contribution in [3.8, 4) is 11.4 Å². The van der Waals surface area contributed by atoms with E-state index in [1.165, 1.54) is 12.1 Å². The highest BCUT2D eigenvalue weighted by Crippen LogP contribution is 2.29. The number of carbonyl (C=O) groups excluding carboxylic acids is 1. The van der Waals surface area contributed by atoms with E-state index in [0.29, 0.717) is 48.1 Å². The van der Waals surface area contributed by atoms with Gasteiger partial charge in [-0.3, -0.25) is 4.79 Å². The Morgan fingerprint density at radius 3 is 2.80 bits per heavy atom. The van der Waals surface area contributed by atoms with E-state index in [1.54, 1.807) is 16.6 Å². The number of aromatic nitrogens is 4. The van der Waals surface area contributed by atoms with Gasteiger partial charge in [0, 0.05) is 29.7 Å². The van der Waals surface area contributed by atoms with Crippen molar-refractivity contribution in [2.45, 2.75) is 6.04 Å². The van der Waals surface area contributed by atoms with Gasteiger partial charge in [0.15, 0.2) is 11.5 Å². The van der Waals surface area contributed by atoms with E-state index in [9.17, 15) is 9.18 Å². The number of rotatable bonds is 3. The number of anilines is 1. The maximum atomic E-state index is 13.3.